The van der Waals surface area contributed by atoms with Crippen molar-refractivity contribution in [2.45, 2.75) is 25.8 Å². The van der Waals surface area contributed by atoms with Gasteiger partial charge in [-0.1, -0.05) is 18.2 Å². The average molecular weight is 269 g/mol. The molecule has 2 rings (SSSR count). The second-order valence-electron chi connectivity index (χ2n) is 5.25. The van der Waals surface area contributed by atoms with Crippen LogP contribution in [0.4, 0.5) is 5.69 Å². The van der Waals surface area contributed by atoms with Gasteiger partial charge in [0.25, 0.3) is 0 Å². The molecule has 0 radical (unpaired) electrons. The number of benzene rings is 1. The maximum atomic E-state index is 12.4. The SMILES string of the molecule is CC(C)(C(=O)NCc1ccccn1)c1ccc(N)cc1. The number of nitrogens with two attached hydrogens (primary N) is 1. The van der Waals surface area contributed by atoms with Crippen LogP contribution in [0.1, 0.15) is 25.1 Å². The van der Waals surface area contributed by atoms with Gasteiger partial charge in [-0.25, -0.2) is 0 Å². The highest BCUT2D eigenvalue weighted by Gasteiger charge is 2.29. The summed E-state index contributed by atoms with van der Waals surface area (Å²) in [6.07, 6.45) is 1.71. The highest BCUT2D eigenvalue weighted by Crippen LogP contribution is 2.24. The van der Waals surface area contributed by atoms with Gasteiger partial charge in [-0.05, 0) is 43.7 Å². The van der Waals surface area contributed by atoms with Crippen LogP contribution >= 0.6 is 0 Å². The minimum atomic E-state index is -0.609. The van der Waals surface area contributed by atoms with Crippen LogP contribution in [0.2, 0.25) is 0 Å². The van der Waals surface area contributed by atoms with Crippen molar-refractivity contribution in [3.63, 3.8) is 0 Å². The number of anilines is 1. The second-order valence-corrected chi connectivity index (χ2v) is 5.25. The summed E-state index contributed by atoms with van der Waals surface area (Å²) in [5.74, 6) is -0.0343. The normalized spacial score (nSPS) is 11.1. The van der Waals surface area contributed by atoms with Gasteiger partial charge in [0, 0.05) is 11.9 Å². The van der Waals surface area contributed by atoms with Crippen LogP contribution in [-0.4, -0.2) is 10.9 Å². The van der Waals surface area contributed by atoms with E-state index in [0.717, 1.165) is 11.3 Å². The molecule has 1 aromatic heterocycles. The van der Waals surface area contributed by atoms with Gasteiger partial charge >= 0.3 is 0 Å². The van der Waals surface area contributed by atoms with E-state index >= 15 is 0 Å². The predicted octanol–water partition coefficient (Wildman–Crippen LogP) is 2.26. The van der Waals surface area contributed by atoms with Gasteiger partial charge in [-0.3, -0.25) is 9.78 Å². The number of amides is 1. The average Bonchev–Trinajstić information content (AvgIpc) is 2.46. The second kappa shape index (κ2) is 5.74. The van der Waals surface area contributed by atoms with Gasteiger partial charge < -0.3 is 11.1 Å². The van der Waals surface area contributed by atoms with Crippen molar-refractivity contribution in [2.24, 2.45) is 0 Å². The van der Waals surface area contributed by atoms with E-state index in [1.54, 1.807) is 6.20 Å². The molecule has 0 spiro atoms. The van der Waals surface area contributed by atoms with Crippen molar-refractivity contribution in [1.82, 2.24) is 10.3 Å². The lowest BCUT2D eigenvalue weighted by Crippen LogP contribution is -2.39. The number of hydrogen-bond donors (Lipinski definition) is 2. The van der Waals surface area contributed by atoms with Crippen LogP contribution in [-0.2, 0) is 16.8 Å². The lowest BCUT2D eigenvalue weighted by atomic mass is 9.83. The highest BCUT2D eigenvalue weighted by atomic mass is 16.2. The molecule has 4 nitrogen and oxygen atoms in total. The van der Waals surface area contributed by atoms with Crippen LogP contribution in [0, 0.1) is 0 Å². The molecule has 0 bridgehead atoms. The van der Waals surface area contributed by atoms with Crippen LogP contribution in [0.5, 0.6) is 0 Å². The fourth-order valence-electron chi connectivity index (χ4n) is 1.93. The third-order valence-electron chi connectivity index (χ3n) is 3.36. The molecule has 0 unspecified atom stereocenters. The summed E-state index contributed by atoms with van der Waals surface area (Å²) in [6.45, 7) is 4.22. The topological polar surface area (TPSA) is 68.0 Å². The minimum Gasteiger partial charge on any atom is -0.399 e. The first kappa shape index (κ1) is 14.1. The van der Waals surface area contributed by atoms with Crippen molar-refractivity contribution < 1.29 is 4.79 Å². The number of carbonyl (C=O) groups excluding carboxylic acids is 1. The molecule has 1 heterocycles. The number of nitrogens with zero attached hydrogens (tertiary/aromatic N) is 1. The Hall–Kier alpha value is -2.36. The number of rotatable bonds is 4. The maximum absolute atomic E-state index is 12.4. The largest absolute Gasteiger partial charge is 0.399 e. The van der Waals surface area contributed by atoms with Gasteiger partial charge in [-0.2, -0.15) is 0 Å². The van der Waals surface area contributed by atoms with E-state index < -0.39 is 5.41 Å². The van der Waals surface area contributed by atoms with Gasteiger partial charge in [0.2, 0.25) is 5.91 Å². The molecule has 0 aliphatic carbocycles. The van der Waals surface area contributed by atoms with E-state index in [0.29, 0.717) is 12.2 Å². The molecule has 0 aliphatic heterocycles. The fraction of sp³-hybridized carbons (Fsp3) is 0.250. The molecule has 20 heavy (non-hydrogen) atoms. The van der Waals surface area contributed by atoms with Gasteiger partial charge in [0.15, 0.2) is 0 Å². The smallest absolute Gasteiger partial charge is 0.230 e. The monoisotopic (exact) mass is 269 g/mol. The summed E-state index contributed by atoms with van der Waals surface area (Å²) < 4.78 is 0. The standard InChI is InChI=1S/C16H19N3O/c1-16(2,12-6-8-13(17)9-7-12)15(20)19-11-14-5-3-4-10-18-14/h3-10H,11,17H2,1-2H3,(H,19,20). The first-order valence-electron chi connectivity index (χ1n) is 6.54. The van der Waals surface area contributed by atoms with E-state index in [4.69, 9.17) is 5.73 Å². The number of nitrogen functional groups attached to an aromatic ring is 1. The lowest BCUT2D eigenvalue weighted by Gasteiger charge is -2.24. The quantitative estimate of drug-likeness (QED) is 0.837. The zero-order valence-electron chi connectivity index (χ0n) is 11.8. The number of nitrogens with one attached hydrogen (secondary N) is 1. The summed E-state index contributed by atoms with van der Waals surface area (Å²) in [4.78, 5) is 16.5. The van der Waals surface area contributed by atoms with Crippen molar-refractivity contribution in [3.8, 4) is 0 Å². The van der Waals surface area contributed by atoms with E-state index in [-0.39, 0.29) is 5.91 Å². The molecule has 0 saturated heterocycles. The number of pyridine rings is 1. The maximum Gasteiger partial charge on any atom is 0.230 e. The molecular weight excluding hydrogens is 250 g/mol. The first-order chi connectivity index (χ1) is 9.50. The third kappa shape index (κ3) is 3.15. The Balaban J connectivity index is 2.05. The number of hydrogen-bond acceptors (Lipinski definition) is 3. The Morgan fingerprint density at radius 3 is 2.50 bits per heavy atom. The summed E-state index contributed by atoms with van der Waals surface area (Å²) in [5, 5.41) is 2.92. The first-order valence-corrected chi connectivity index (χ1v) is 6.54. The van der Waals surface area contributed by atoms with Gasteiger partial charge in [0.1, 0.15) is 0 Å². The predicted molar refractivity (Wildman–Crippen MR) is 80.0 cm³/mol. The minimum absolute atomic E-state index is 0.0343. The van der Waals surface area contributed by atoms with E-state index in [9.17, 15) is 4.79 Å². The van der Waals surface area contributed by atoms with E-state index in [2.05, 4.69) is 10.3 Å². The molecule has 104 valence electrons. The Morgan fingerprint density at radius 2 is 1.90 bits per heavy atom. The summed E-state index contributed by atoms with van der Waals surface area (Å²) in [7, 11) is 0. The number of aromatic nitrogens is 1. The van der Waals surface area contributed by atoms with E-state index in [1.165, 1.54) is 0 Å². The van der Waals surface area contributed by atoms with Crippen molar-refractivity contribution >= 4 is 11.6 Å². The molecule has 0 saturated carbocycles. The van der Waals surface area contributed by atoms with Crippen molar-refractivity contribution in [2.75, 3.05) is 5.73 Å². The zero-order chi connectivity index (χ0) is 14.6. The summed E-state index contributed by atoms with van der Waals surface area (Å²) in [5.41, 5.74) is 7.53. The lowest BCUT2D eigenvalue weighted by molar-refractivity contribution is -0.125. The van der Waals surface area contributed by atoms with Crippen molar-refractivity contribution in [1.29, 1.82) is 0 Å². The molecule has 0 aliphatic rings. The Morgan fingerprint density at radius 1 is 1.20 bits per heavy atom. The molecule has 1 aromatic carbocycles. The zero-order valence-corrected chi connectivity index (χ0v) is 11.8. The highest BCUT2D eigenvalue weighted by molar-refractivity contribution is 5.87. The molecule has 4 heteroatoms. The molecule has 0 fully saturated rings. The molecular formula is C16H19N3O. The molecule has 2 aromatic rings. The Labute approximate surface area is 119 Å². The van der Waals surface area contributed by atoms with Crippen LogP contribution in [0.15, 0.2) is 48.7 Å². The molecule has 0 atom stereocenters. The summed E-state index contributed by atoms with van der Waals surface area (Å²) >= 11 is 0. The molecule has 3 N–H and O–H groups in total. The van der Waals surface area contributed by atoms with Crippen LogP contribution < -0.4 is 11.1 Å². The number of carbonyl (C=O) groups is 1. The summed E-state index contributed by atoms with van der Waals surface area (Å²) in [6, 6.07) is 13.0. The third-order valence-corrected chi connectivity index (χ3v) is 3.36. The molecule has 1 amide bonds. The van der Waals surface area contributed by atoms with Gasteiger partial charge in [0.05, 0.1) is 17.7 Å². The van der Waals surface area contributed by atoms with Gasteiger partial charge in [-0.15, -0.1) is 0 Å². The Kier molecular flexibility index (Phi) is 4.03. The van der Waals surface area contributed by atoms with Crippen LogP contribution in [0.3, 0.4) is 0 Å². The Bertz CT molecular complexity index is 576. The fourth-order valence-corrected chi connectivity index (χ4v) is 1.93. The van der Waals surface area contributed by atoms with E-state index in [1.807, 2.05) is 56.3 Å². The van der Waals surface area contributed by atoms with Crippen LogP contribution in [0.25, 0.3) is 0 Å². The van der Waals surface area contributed by atoms with Crippen molar-refractivity contribution in [3.05, 3.63) is 59.9 Å².